The minimum absolute atomic E-state index is 0.0650. The molecule has 8 atom stereocenters. The highest BCUT2D eigenvalue weighted by atomic mass is 16.5. The number of ether oxygens (including phenoxy) is 1. The molecule has 0 spiro atoms. The van der Waals surface area contributed by atoms with E-state index >= 15 is 0 Å². The largest absolute Gasteiger partial charge is 0.462 e. The van der Waals surface area contributed by atoms with E-state index in [1.807, 2.05) is 0 Å². The number of allylic oxidation sites excluding steroid dienone is 3. The summed E-state index contributed by atoms with van der Waals surface area (Å²) in [5.41, 5.74) is 4.14. The molecule has 3 saturated carbocycles. The lowest BCUT2D eigenvalue weighted by molar-refractivity contribution is -0.151. The molecule has 0 aromatic rings. The van der Waals surface area contributed by atoms with E-state index in [-0.39, 0.29) is 12.1 Å². The molecule has 4 rings (SSSR count). The molecule has 0 heterocycles. The Morgan fingerprint density at radius 1 is 0.709 bits per heavy atom. The second-order valence-electron chi connectivity index (χ2n) is 20.7. The summed E-state index contributed by atoms with van der Waals surface area (Å²) >= 11 is 0. The standard InChI is InChI=1S/C53H94O2/c1-8-10-11-12-13-14-15-16-17-18-19-20-21-22-23-24-25-26-27-28-29-30-51(54)55-46-37-39-52(6)45(41-46)33-34-47-49-36-35-48(53(49,7)40-38-50(47)52)43(5)31-32-44(9-2)42(3)4/h9,33,42-43,46-50H,8,10-32,34-41H2,1-7H3/b44-9+/t43-,46+,47+,48-,49+,50+,52+,53-/m1/s1. The number of carbonyl (C=O) groups excluding carboxylic acids is 1. The van der Waals surface area contributed by atoms with Crippen LogP contribution in [-0.4, -0.2) is 12.1 Å². The first-order chi connectivity index (χ1) is 26.6. The van der Waals surface area contributed by atoms with Gasteiger partial charge in [-0.15, -0.1) is 0 Å². The fraction of sp³-hybridized carbons (Fsp3) is 0.906. The molecule has 2 nitrogen and oxygen atoms in total. The quantitative estimate of drug-likeness (QED) is 0.0451. The summed E-state index contributed by atoms with van der Waals surface area (Å²) in [6.45, 7) is 17.2. The first-order valence-corrected chi connectivity index (χ1v) is 25.2. The number of carbonyl (C=O) groups is 1. The van der Waals surface area contributed by atoms with Crippen molar-refractivity contribution in [3.63, 3.8) is 0 Å². The van der Waals surface area contributed by atoms with Gasteiger partial charge in [0.05, 0.1) is 0 Å². The summed E-state index contributed by atoms with van der Waals surface area (Å²) in [6, 6.07) is 0. The van der Waals surface area contributed by atoms with Gasteiger partial charge >= 0.3 is 5.97 Å². The van der Waals surface area contributed by atoms with Gasteiger partial charge in [-0.2, -0.15) is 0 Å². The summed E-state index contributed by atoms with van der Waals surface area (Å²) < 4.78 is 6.17. The van der Waals surface area contributed by atoms with Crippen LogP contribution in [0, 0.1) is 46.3 Å². The maximum absolute atomic E-state index is 12.9. The zero-order valence-corrected chi connectivity index (χ0v) is 38.1. The first kappa shape index (κ1) is 46.6. The lowest BCUT2D eigenvalue weighted by Crippen LogP contribution is -2.51. The second kappa shape index (κ2) is 24.8. The lowest BCUT2D eigenvalue weighted by Gasteiger charge is -2.58. The Balaban J connectivity index is 1.02. The van der Waals surface area contributed by atoms with E-state index in [1.165, 1.54) is 180 Å². The number of fused-ring (bicyclic) bond motifs is 5. The van der Waals surface area contributed by atoms with Crippen molar-refractivity contribution in [3.8, 4) is 0 Å². The highest BCUT2D eigenvalue weighted by Crippen LogP contribution is 2.67. The van der Waals surface area contributed by atoms with E-state index in [4.69, 9.17) is 4.74 Å². The van der Waals surface area contributed by atoms with E-state index in [2.05, 4.69) is 60.6 Å². The average Bonchev–Trinajstić information content (AvgIpc) is 3.53. The van der Waals surface area contributed by atoms with Gasteiger partial charge in [-0.05, 0) is 117 Å². The van der Waals surface area contributed by atoms with Gasteiger partial charge in [-0.25, -0.2) is 0 Å². The van der Waals surface area contributed by atoms with Gasteiger partial charge in [0.15, 0.2) is 0 Å². The fourth-order valence-corrected chi connectivity index (χ4v) is 13.0. The Kier molecular flexibility index (Phi) is 21.0. The van der Waals surface area contributed by atoms with Gasteiger partial charge in [-0.3, -0.25) is 4.79 Å². The molecular formula is C53H94O2. The highest BCUT2D eigenvalue weighted by Gasteiger charge is 2.59. The van der Waals surface area contributed by atoms with Gasteiger partial charge in [-0.1, -0.05) is 193 Å². The number of esters is 1. The van der Waals surface area contributed by atoms with Gasteiger partial charge in [0.2, 0.25) is 0 Å². The Labute approximate surface area is 344 Å². The summed E-state index contributed by atoms with van der Waals surface area (Å²) in [7, 11) is 0. The summed E-state index contributed by atoms with van der Waals surface area (Å²) in [6.07, 6.45) is 47.9. The van der Waals surface area contributed by atoms with Crippen molar-refractivity contribution in [2.45, 2.75) is 260 Å². The van der Waals surface area contributed by atoms with Crippen LogP contribution in [-0.2, 0) is 9.53 Å². The van der Waals surface area contributed by atoms with Crippen molar-refractivity contribution >= 4 is 5.97 Å². The third-order valence-electron chi connectivity index (χ3n) is 16.6. The van der Waals surface area contributed by atoms with Gasteiger partial charge in [0.25, 0.3) is 0 Å². The van der Waals surface area contributed by atoms with Gasteiger partial charge < -0.3 is 4.74 Å². The van der Waals surface area contributed by atoms with Crippen LogP contribution in [0.4, 0.5) is 0 Å². The second-order valence-corrected chi connectivity index (χ2v) is 20.7. The SMILES string of the molecule is C/C=C(\CC[C@@H](C)[C@H]1CC[C@H]2[C@@H]3CC=C4C[C@@H](OC(=O)CCCCCCCCCCCCCCCCCCCCCCC)CC[C@]4(C)[C@H]3CC[C@]12C)C(C)C. The number of hydrogen-bond donors (Lipinski definition) is 0. The molecule has 0 aromatic carbocycles. The van der Waals surface area contributed by atoms with E-state index in [0.29, 0.717) is 23.2 Å². The summed E-state index contributed by atoms with van der Waals surface area (Å²) in [4.78, 5) is 12.9. The normalized spacial score (nSPS) is 29.8. The molecule has 0 N–H and O–H groups in total. The predicted octanol–water partition coefficient (Wildman–Crippen LogP) is 17.1. The fourth-order valence-electron chi connectivity index (χ4n) is 13.0. The molecule has 0 bridgehead atoms. The van der Waals surface area contributed by atoms with Crippen LogP contribution in [0.2, 0.25) is 0 Å². The van der Waals surface area contributed by atoms with E-state index in [0.717, 1.165) is 48.9 Å². The molecule has 4 aliphatic carbocycles. The molecule has 0 saturated heterocycles. The van der Waals surface area contributed by atoms with Crippen LogP contribution in [0.5, 0.6) is 0 Å². The van der Waals surface area contributed by atoms with Crippen LogP contribution < -0.4 is 0 Å². The molecule has 55 heavy (non-hydrogen) atoms. The average molecular weight is 763 g/mol. The Morgan fingerprint density at radius 3 is 1.78 bits per heavy atom. The van der Waals surface area contributed by atoms with Crippen molar-refractivity contribution in [1.29, 1.82) is 0 Å². The number of rotatable bonds is 28. The van der Waals surface area contributed by atoms with E-state index < -0.39 is 0 Å². The van der Waals surface area contributed by atoms with Crippen molar-refractivity contribution in [1.82, 2.24) is 0 Å². The zero-order valence-electron chi connectivity index (χ0n) is 38.1. The number of unbranched alkanes of at least 4 members (excludes halogenated alkanes) is 20. The maximum Gasteiger partial charge on any atom is 0.306 e. The van der Waals surface area contributed by atoms with Crippen molar-refractivity contribution in [2.24, 2.45) is 46.3 Å². The molecule has 4 aliphatic rings. The first-order valence-electron chi connectivity index (χ1n) is 25.2. The van der Waals surface area contributed by atoms with Crippen LogP contribution in [0.1, 0.15) is 254 Å². The monoisotopic (exact) mass is 763 g/mol. The zero-order chi connectivity index (χ0) is 39.5. The highest BCUT2D eigenvalue weighted by molar-refractivity contribution is 5.69. The molecule has 0 amide bonds. The molecule has 0 unspecified atom stereocenters. The molecule has 0 aromatic heterocycles. The van der Waals surface area contributed by atoms with Gasteiger partial charge in [0, 0.05) is 12.8 Å². The molecule has 318 valence electrons. The minimum Gasteiger partial charge on any atom is -0.462 e. The summed E-state index contributed by atoms with van der Waals surface area (Å²) in [5.74, 6) is 5.03. The maximum atomic E-state index is 12.9. The predicted molar refractivity (Wildman–Crippen MR) is 239 cm³/mol. The third-order valence-corrected chi connectivity index (χ3v) is 16.6. The minimum atomic E-state index is 0.0650. The number of hydrogen-bond acceptors (Lipinski definition) is 2. The van der Waals surface area contributed by atoms with Crippen molar-refractivity contribution in [2.75, 3.05) is 0 Å². The van der Waals surface area contributed by atoms with Crippen LogP contribution >= 0.6 is 0 Å². The van der Waals surface area contributed by atoms with E-state index in [1.54, 1.807) is 11.1 Å². The Bertz CT molecular complexity index is 1130. The van der Waals surface area contributed by atoms with Gasteiger partial charge in [0.1, 0.15) is 6.10 Å². The van der Waals surface area contributed by atoms with Crippen LogP contribution in [0.15, 0.2) is 23.3 Å². The molecule has 3 fully saturated rings. The Hall–Kier alpha value is -1.05. The van der Waals surface area contributed by atoms with Crippen molar-refractivity contribution < 1.29 is 9.53 Å². The van der Waals surface area contributed by atoms with Crippen LogP contribution in [0.3, 0.4) is 0 Å². The summed E-state index contributed by atoms with van der Waals surface area (Å²) in [5, 5.41) is 0. The Morgan fingerprint density at radius 2 is 1.25 bits per heavy atom. The molecule has 0 radical (unpaired) electrons. The third kappa shape index (κ3) is 14.0. The molecule has 2 heteroatoms. The van der Waals surface area contributed by atoms with Crippen LogP contribution in [0.25, 0.3) is 0 Å². The smallest absolute Gasteiger partial charge is 0.306 e. The van der Waals surface area contributed by atoms with Crippen molar-refractivity contribution in [3.05, 3.63) is 23.3 Å². The van der Waals surface area contributed by atoms with E-state index in [9.17, 15) is 4.79 Å². The topological polar surface area (TPSA) is 26.3 Å². The lowest BCUT2D eigenvalue weighted by atomic mass is 9.47. The molecule has 0 aliphatic heterocycles. The molecular weight excluding hydrogens is 669 g/mol.